The van der Waals surface area contributed by atoms with E-state index in [2.05, 4.69) is 21.8 Å². The van der Waals surface area contributed by atoms with Crippen LogP contribution in [0.5, 0.6) is 0 Å². The Morgan fingerprint density at radius 3 is 2.19 bits per heavy atom. The van der Waals surface area contributed by atoms with Gasteiger partial charge in [0.2, 0.25) is 5.96 Å². The van der Waals surface area contributed by atoms with E-state index >= 15 is 0 Å². The van der Waals surface area contributed by atoms with Crippen LogP contribution in [0.4, 0.5) is 0 Å². The normalized spacial score (nSPS) is 9.14. The fourth-order valence-electron chi connectivity index (χ4n) is 1.62. The Morgan fingerprint density at radius 1 is 0.952 bits per heavy atom. The maximum Gasteiger partial charge on any atom is 0.410 e. The number of guanidine groups is 1. The van der Waals surface area contributed by atoms with Crippen molar-refractivity contribution in [1.29, 1.82) is 0 Å². The van der Waals surface area contributed by atoms with Crippen LogP contribution < -0.4 is 11.5 Å². The molecule has 0 heterocycles. The van der Waals surface area contributed by atoms with Crippen LogP contribution in [0.2, 0.25) is 0 Å². The summed E-state index contributed by atoms with van der Waals surface area (Å²) in [5.41, 5.74) is 12.9. The van der Waals surface area contributed by atoms with Gasteiger partial charge in [-0.2, -0.15) is 0 Å². The summed E-state index contributed by atoms with van der Waals surface area (Å²) < 4.78 is 0. The van der Waals surface area contributed by atoms with Gasteiger partial charge in [0, 0.05) is 11.5 Å². The lowest BCUT2D eigenvalue weighted by atomic mass is 10.0. The van der Waals surface area contributed by atoms with Crippen LogP contribution in [0.25, 0.3) is 11.1 Å². The van der Waals surface area contributed by atoms with Crippen molar-refractivity contribution in [3.63, 3.8) is 0 Å². The van der Waals surface area contributed by atoms with E-state index in [1.807, 2.05) is 54.6 Å². The first-order valence-corrected chi connectivity index (χ1v) is 6.12. The maximum atomic E-state index is 11.2. The van der Waals surface area contributed by atoms with Crippen molar-refractivity contribution >= 4 is 11.9 Å². The highest BCUT2D eigenvalue weighted by molar-refractivity contribution is 5.89. The molecule has 0 aliphatic heterocycles. The standard InChI is InChI=1S/C16H13N3O2/c17-16(18)19-21-15(20)11-8-12-6-9-14(10-7-12)13-4-2-1-3-5-13/h1-7,9-10H,(H4,17,18,19). The quantitative estimate of drug-likeness (QED) is 0.286. The molecule has 0 aliphatic carbocycles. The highest BCUT2D eigenvalue weighted by Crippen LogP contribution is 2.18. The second-order valence-electron chi connectivity index (χ2n) is 4.09. The van der Waals surface area contributed by atoms with Crippen molar-refractivity contribution in [2.45, 2.75) is 0 Å². The fourth-order valence-corrected chi connectivity index (χ4v) is 1.62. The average Bonchev–Trinajstić information content (AvgIpc) is 2.52. The molecule has 2 aromatic carbocycles. The SMILES string of the molecule is NC(N)=NOC(=O)C#Cc1ccc(-c2ccccc2)cc1. The third-order valence-electron chi connectivity index (χ3n) is 2.53. The van der Waals surface area contributed by atoms with E-state index in [0.29, 0.717) is 5.56 Å². The Balaban J connectivity index is 2.07. The number of hydrogen-bond acceptors (Lipinski definition) is 3. The Hall–Kier alpha value is -3.26. The third-order valence-corrected chi connectivity index (χ3v) is 2.53. The molecule has 0 saturated carbocycles. The molecule has 0 amide bonds. The zero-order chi connectivity index (χ0) is 15.1. The van der Waals surface area contributed by atoms with Gasteiger partial charge < -0.3 is 16.3 Å². The number of rotatable bonds is 2. The van der Waals surface area contributed by atoms with Crippen molar-refractivity contribution in [2.24, 2.45) is 16.6 Å². The molecular formula is C16H13N3O2. The Bertz CT molecular complexity index is 707. The van der Waals surface area contributed by atoms with Gasteiger partial charge in [-0.05, 0) is 28.4 Å². The molecule has 0 aliphatic rings. The molecule has 2 rings (SSSR count). The van der Waals surface area contributed by atoms with E-state index in [4.69, 9.17) is 11.5 Å². The van der Waals surface area contributed by atoms with E-state index in [0.717, 1.165) is 11.1 Å². The molecule has 0 spiro atoms. The summed E-state index contributed by atoms with van der Waals surface area (Å²) in [6, 6.07) is 17.5. The first-order chi connectivity index (χ1) is 10.1. The first kappa shape index (κ1) is 14.2. The van der Waals surface area contributed by atoms with Crippen LogP contribution in [0.15, 0.2) is 59.8 Å². The summed E-state index contributed by atoms with van der Waals surface area (Å²) in [6.07, 6.45) is 0. The van der Waals surface area contributed by atoms with Crippen LogP contribution >= 0.6 is 0 Å². The zero-order valence-corrected chi connectivity index (χ0v) is 11.1. The number of carbonyl (C=O) groups is 1. The second-order valence-corrected chi connectivity index (χ2v) is 4.09. The molecule has 104 valence electrons. The average molecular weight is 279 g/mol. The molecule has 5 nitrogen and oxygen atoms in total. The monoisotopic (exact) mass is 279 g/mol. The predicted octanol–water partition coefficient (Wildman–Crippen LogP) is 1.44. The summed E-state index contributed by atoms with van der Waals surface area (Å²) in [5, 5.41) is 3.11. The molecule has 0 saturated heterocycles. The minimum Gasteiger partial charge on any atom is -0.367 e. The highest BCUT2D eigenvalue weighted by Gasteiger charge is 1.97. The number of nitrogens with two attached hydrogens (primary N) is 2. The van der Waals surface area contributed by atoms with E-state index in [9.17, 15) is 4.79 Å². The Labute approximate surface area is 122 Å². The topological polar surface area (TPSA) is 90.7 Å². The van der Waals surface area contributed by atoms with E-state index in [1.165, 1.54) is 0 Å². The molecule has 21 heavy (non-hydrogen) atoms. The second kappa shape index (κ2) is 6.78. The highest BCUT2D eigenvalue weighted by atomic mass is 16.7. The summed E-state index contributed by atoms with van der Waals surface area (Å²) in [6.45, 7) is 0. The lowest BCUT2D eigenvalue weighted by molar-refractivity contribution is -0.136. The Morgan fingerprint density at radius 2 is 1.57 bits per heavy atom. The van der Waals surface area contributed by atoms with Gasteiger partial charge in [0.1, 0.15) is 0 Å². The third kappa shape index (κ3) is 4.40. The maximum absolute atomic E-state index is 11.2. The summed E-state index contributed by atoms with van der Waals surface area (Å²) in [4.78, 5) is 15.5. The van der Waals surface area contributed by atoms with Crippen molar-refractivity contribution in [2.75, 3.05) is 0 Å². The van der Waals surface area contributed by atoms with Gasteiger partial charge in [0.25, 0.3) is 0 Å². The lowest BCUT2D eigenvalue weighted by Gasteiger charge is -2.00. The van der Waals surface area contributed by atoms with Crippen molar-refractivity contribution in [3.05, 3.63) is 60.2 Å². The van der Waals surface area contributed by atoms with E-state index in [-0.39, 0.29) is 5.96 Å². The van der Waals surface area contributed by atoms with Crippen molar-refractivity contribution < 1.29 is 9.63 Å². The number of benzene rings is 2. The van der Waals surface area contributed by atoms with Crippen LogP contribution in [-0.4, -0.2) is 11.9 Å². The van der Waals surface area contributed by atoms with Crippen molar-refractivity contribution in [1.82, 2.24) is 0 Å². The van der Waals surface area contributed by atoms with Gasteiger partial charge >= 0.3 is 5.97 Å². The smallest absolute Gasteiger partial charge is 0.367 e. The van der Waals surface area contributed by atoms with Gasteiger partial charge in [0.05, 0.1) is 0 Å². The molecule has 0 fully saturated rings. The summed E-state index contributed by atoms with van der Waals surface area (Å²) in [7, 11) is 0. The van der Waals surface area contributed by atoms with Gasteiger partial charge in [-0.3, -0.25) is 0 Å². The number of hydrogen-bond donors (Lipinski definition) is 2. The van der Waals surface area contributed by atoms with Crippen LogP contribution in [0.3, 0.4) is 0 Å². The van der Waals surface area contributed by atoms with Gasteiger partial charge in [-0.1, -0.05) is 48.4 Å². The zero-order valence-electron chi connectivity index (χ0n) is 11.1. The number of carbonyl (C=O) groups excluding carboxylic acids is 1. The largest absolute Gasteiger partial charge is 0.410 e. The molecule has 4 N–H and O–H groups in total. The Kier molecular flexibility index (Phi) is 4.57. The van der Waals surface area contributed by atoms with Crippen LogP contribution in [0, 0.1) is 11.8 Å². The van der Waals surface area contributed by atoms with Crippen LogP contribution in [-0.2, 0) is 9.63 Å². The van der Waals surface area contributed by atoms with Gasteiger partial charge in [0.15, 0.2) is 0 Å². The molecule has 0 bridgehead atoms. The van der Waals surface area contributed by atoms with Crippen LogP contribution in [0.1, 0.15) is 5.56 Å². The molecule has 0 unspecified atom stereocenters. The summed E-state index contributed by atoms with van der Waals surface area (Å²) >= 11 is 0. The molecule has 0 radical (unpaired) electrons. The summed E-state index contributed by atoms with van der Waals surface area (Å²) in [5.74, 6) is 3.80. The minimum absolute atomic E-state index is 0.336. The minimum atomic E-state index is -0.824. The van der Waals surface area contributed by atoms with E-state index < -0.39 is 5.97 Å². The number of nitrogens with zero attached hydrogens (tertiary/aromatic N) is 1. The molecule has 2 aromatic rings. The molecule has 0 aromatic heterocycles. The molecule has 0 atom stereocenters. The van der Waals surface area contributed by atoms with Gasteiger partial charge in [-0.25, -0.2) is 4.79 Å². The fraction of sp³-hybridized carbons (Fsp3) is 0. The van der Waals surface area contributed by atoms with Crippen molar-refractivity contribution in [3.8, 4) is 23.0 Å². The van der Waals surface area contributed by atoms with E-state index in [1.54, 1.807) is 0 Å². The molecule has 5 heteroatoms. The lowest BCUT2D eigenvalue weighted by Crippen LogP contribution is -2.23. The first-order valence-electron chi connectivity index (χ1n) is 6.12. The number of oxime groups is 1. The molecular weight excluding hydrogens is 266 g/mol. The predicted molar refractivity (Wildman–Crippen MR) is 80.7 cm³/mol. The van der Waals surface area contributed by atoms with Gasteiger partial charge in [-0.15, -0.1) is 0 Å².